The minimum Gasteiger partial charge on any atom is -0.268 e. The molecule has 0 fully saturated rings. The zero-order valence-electron chi connectivity index (χ0n) is 24.0. The minimum absolute atomic E-state index is 0.112. The van der Waals surface area contributed by atoms with Crippen LogP contribution in [0.15, 0.2) is 105 Å². The summed E-state index contributed by atoms with van der Waals surface area (Å²) < 4.78 is 32.0. The molecule has 0 aliphatic heterocycles. The van der Waals surface area contributed by atoms with Gasteiger partial charge in [-0.2, -0.15) is 18.6 Å². The summed E-state index contributed by atoms with van der Waals surface area (Å²) in [6, 6.07) is 27.7. The summed E-state index contributed by atoms with van der Waals surface area (Å²) in [6.45, 7) is 0. The Morgan fingerprint density at radius 3 is 1.53 bits per heavy atom. The van der Waals surface area contributed by atoms with Crippen LogP contribution < -0.4 is 17.0 Å². The minimum atomic E-state index is -4.17. The highest BCUT2D eigenvalue weighted by molar-refractivity contribution is 7.86. The van der Waals surface area contributed by atoms with E-state index >= 15 is 0 Å². The number of fused-ring (bicyclic) bond motifs is 10. The average molecular weight is 632 g/mol. The molecule has 10 nitrogen and oxygen atoms in total. The number of benzene rings is 7. The van der Waals surface area contributed by atoms with Crippen LogP contribution >= 0.6 is 0 Å². The van der Waals surface area contributed by atoms with Crippen LogP contribution in [0.25, 0.3) is 98.0 Å². The molecule has 0 aliphatic carbocycles. The van der Waals surface area contributed by atoms with Crippen molar-refractivity contribution >= 4 is 108 Å². The van der Waals surface area contributed by atoms with Gasteiger partial charge in [-0.1, -0.05) is 36.4 Å². The van der Waals surface area contributed by atoms with Gasteiger partial charge in [-0.15, -0.1) is 0 Å². The highest BCUT2D eigenvalue weighted by atomic mass is 32.2. The van der Waals surface area contributed by atoms with Crippen LogP contribution in [-0.4, -0.2) is 27.2 Å². The van der Waals surface area contributed by atoms with E-state index in [2.05, 4.69) is 10.4 Å². The largest absolute Gasteiger partial charge is 0.312 e. The van der Waals surface area contributed by atoms with E-state index in [4.69, 9.17) is 15.9 Å². The lowest BCUT2D eigenvalue weighted by Gasteiger charge is -2.18. The Balaban J connectivity index is 1.32. The van der Waals surface area contributed by atoms with Gasteiger partial charge in [0.25, 0.3) is 11.1 Å². The first-order valence-corrected chi connectivity index (χ1v) is 16.2. The van der Waals surface area contributed by atoms with Crippen molar-refractivity contribution < 1.29 is 12.7 Å². The van der Waals surface area contributed by atoms with E-state index in [9.17, 15) is 18.0 Å². The first-order valence-electron chi connectivity index (χ1n) is 14.8. The van der Waals surface area contributed by atoms with Gasteiger partial charge in [-0.25, -0.2) is 9.97 Å². The monoisotopic (exact) mass is 631 g/mol. The molecule has 0 spiro atoms. The zero-order chi connectivity index (χ0) is 31.5. The molecule has 4 heterocycles. The Morgan fingerprint density at radius 1 is 0.532 bits per heavy atom. The topological polar surface area (TPSA) is 138 Å². The maximum atomic E-state index is 14.1. The summed E-state index contributed by atoms with van der Waals surface area (Å²) in [6.07, 6.45) is 0. The van der Waals surface area contributed by atoms with Crippen LogP contribution in [-0.2, 0) is 14.4 Å². The van der Waals surface area contributed by atoms with E-state index < -0.39 is 10.1 Å². The van der Waals surface area contributed by atoms with E-state index in [0.29, 0.717) is 33.1 Å². The van der Waals surface area contributed by atoms with Crippen LogP contribution in [0.5, 0.6) is 0 Å². The van der Waals surface area contributed by atoms with Gasteiger partial charge in [0.1, 0.15) is 11.3 Å². The van der Waals surface area contributed by atoms with Crippen molar-refractivity contribution in [2.24, 2.45) is 5.90 Å². The third-order valence-corrected chi connectivity index (χ3v) is 10.9. The molecule has 11 rings (SSSR count). The Morgan fingerprint density at radius 2 is 0.979 bits per heavy atom. The smallest absolute Gasteiger partial charge is 0.268 e. The maximum absolute atomic E-state index is 14.1. The van der Waals surface area contributed by atoms with Gasteiger partial charge in [0.2, 0.25) is 0 Å². The lowest BCUT2D eigenvalue weighted by atomic mass is 9.86. The van der Waals surface area contributed by atoms with Gasteiger partial charge in [0, 0.05) is 32.3 Å². The summed E-state index contributed by atoms with van der Waals surface area (Å²) in [5, 5.41) is 10.2. The first-order chi connectivity index (χ1) is 22.9. The summed E-state index contributed by atoms with van der Waals surface area (Å²) in [7, 11) is -4.17. The predicted molar refractivity (Wildman–Crippen MR) is 183 cm³/mol. The molecule has 0 saturated heterocycles. The number of imidazole rings is 2. The molecule has 0 saturated carbocycles. The molecule has 2 N–H and O–H groups in total. The Labute approximate surface area is 261 Å². The molecular weight excluding hydrogens is 614 g/mol. The van der Waals surface area contributed by atoms with Gasteiger partial charge in [0.15, 0.2) is 0 Å². The van der Waals surface area contributed by atoms with Gasteiger partial charge in [-0.05, 0) is 86.9 Å². The van der Waals surface area contributed by atoms with Gasteiger partial charge in [-0.3, -0.25) is 18.4 Å². The van der Waals surface area contributed by atoms with Crippen molar-refractivity contribution in [1.29, 1.82) is 0 Å². The number of hydrogen-bond acceptors (Lipinski definition) is 8. The van der Waals surface area contributed by atoms with Gasteiger partial charge in [0.05, 0.1) is 27.0 Å². The molecule has 0 unspecified atom stereocenters. The first kappa shape index (κ1) is 25.2. The summed E-state index contributed by atoms with van der Waals surface area (Å²) in [5.41, 5.74) is 3.01. The normalized spacial score (nSPS) is 13.2. The fraction of sp³-hybridized carbons (Fsp3) is 0. The average Bonchev–Trinajstić information content (AvgIpc) is 3.68. The molecule has 0 atom stereocenters. The third-order valence-electron chi connectivity index (χ3n) is 9.85. The molecule has 4 aromatic heterocycles. The summed E-state index contributed by atoms with van der Waals surface area (Å²) >= 11 is 0. The number of pyridine rings is 2. The van der Waals surface area contributed by atoms with E-state index in [-0.39, 0.29) is 16.0 Å². The summed E-state index contributed by atoms with van der Waals surface area (Å²) in [5.74, 6) is 5.00. The Bertz CT molecular complexity index is 3440. The van der Waals surface area contributed by atoms with E-state index in [1.165, 1.54) is 22.6 Å². The van der Waals surface area contributed by atoms with E-state index in [1.54, 1.807) is 4.40 Å². The standard InChI is InChI=1S/C36H17N5O5S/c37-46-47(44,45)16-5-14-28-26(15-16)39-34-22-11-7-18-17-6-10-21-31-23(35(42)40-27-4-2-1-3-25(27)38-33(21)40)12-8-19(29(17)31)20-9-13-24(32(22)30(18)20)36(43)41(28)34/h1-15H,37H2. The van der Waals surface area contributed by atoms with Crippen molar-refractivity contribution in [3.8, 4) is 0 Å². The Hall–Kier alpha value is -6.01. The second-order valence-corrected chi connectivity index (χ2v) is 13.6. The van der Waals surface area contributed by atoms with Gasteiger partial charge < -0.3 is 0 Å². The fourth-order valence-electron chi connectivity index (χ4n) is 7.93. The maximum Gasteiger partial charge on any atom is 0.312 e. The number of rotatable bonds is 2. The second-order valence-electron chi connectivity index (χ2n) is 12.0. The van der Waals surface area contributed by atoms with Crippen molar-refractivity contribution in [1.82, 2.24) is 18.8 Å². The molecule has 11 heteroatoms. The fourth-order valence-corrected chi connectivity index (χ4v) is 8.53. The van der Waals surface area contributed by atoms with Crippen LogP contribution in [0.3, 0.4) is 0 Å². The quantitative estimate of drug-likeness (QED) is 0.143. The molecule has 0 bridgehead atoms. The third kappa shape index (κ3) is 2.82. The SMILES string of the molecule is NOS(=O)(=O)c1ccc2c(c1)nc1c3ccc4c5ccc6c7c(ccc(c8ccc(c(=O)n21)c3c84)c57)c(=O)n1c2ccccc2nc61. The highest BCUT2D eigenvalue weighted by Gasteiger charge is 2.24. The molecular formula is C36H17N5O5S. The van der Waals surface area contributed by atoms with Crippen LogP contribution in [0.4, 0.5) is 0 Å². The van der Waals surface area contributed by atoms with Crippen molar-refractivity contribution in [2.45, 2.75) is 4.90 Å². The number of nitrogens with zero attached hydrogens (tertiary/aromatic N) is 4. The number of nitrogens with two attached hydrogens (primary N) is 1. The van der Waals surface area contributed by atoms with Crippen LogP contribution in [0.2, 0.25) is 0 Å². The van der Waals surface area contributed by atoms with Crippen molar-refractivity contribution in [3.05, 3.63) is 112 Å². The second kappa shape index (κ2) is 8.03. The van der Waals surface area contributed by atoms with Crippen molar-refractivity contribution in [3.63, 3.8) is 0 Å². The molecule has 47 heavy (non-hydrogen) atoms. The molecule has 11 aromatic rings. The molecule has 7 aromatic carbocycles. The predicted octanol–water partition coefficient (Wildman–Crippen LogP) is 5.82. The number of hydrogen-bond donors (Lipinski definition) is 1. The van der Waals surface area contributed by atoms with Crippen LogP contribution in [0.1, 0.15) is 0 Å². The highest BCUT2D eigenvalue weighted by Crippen LogP contribution is 2.45. The van der Waals surface area contributed by atoms with E-state index in [1.807, 2.05) is 66.7 Å². The lowest BCUT2D eigenvalue weighted by Crippen LogP contribution is -2.14. The number of aromatic nitrogens is 4. The zero-order valence-corrected chi connectivity index (χ0v) is 24.8. The van der Waals surface area contributed by atoms with Gasteiger partial charge >= 0.3 is 10.1 Å². The molecule has 222 valence electrons. The molecule has 0 aliphatic rings. The molecule has 0 radical (unpaired) electrons. The number of para-hydroxylation sites is 2. The van der Waals surface area contributed by atoms with E-state index in [0.717, 1.165) is 64.9 Å². The van der Waals surface area contributed by atoms with Crippen molar-refractivity contribution in [2.75, 3.05) is 0 Å². The molecule has 0 amide bonds. The summed E-state index contributed by atoms with van der Waals surface area (Å²) in [4.78, 5) is 37.6. The van der Waals surface area contributed by atoms with Crippen LogP contribution in [0, 0.1) is 0 Å². The Kier molecular flexibility index (Phi) is 4.31. The lowest BCUT2D eigenvalue weighted by molar-refractivity contribution is 0.333.